The second-order valence-corrected chi connectivity index (χ2v) is 8.86. The lowest BCUT2D eigenvalue weighted by Gasteiger charge is -2.11. The summed E-state index contributed by atoms with van der Waals surface area (Å²) in [4.78, 5) is 12.5. The molecule has 0 saturated carbocycles. The second-order valence-electron chi connectivity index (χ2n) is 6.71. The van der Waals surface area contributed by atoms with Gasteiger partial charge in [-0.05, 0) is 37.6 Å². The molecule has 0 radical (unpaired) electrons. The van der Waals surface area contributed by atoms with Gasteiger partial charge < -0.3 is 4.42 Å². The predicted octanol–water partition coefficient (Wildman–Crippen LogP) is 3.40. The number of benzene rings is 2. The summed E-state index contributed by atoms with van der Waals surface area (Å²) in [6.45, 7) is 3.79. The van der Waals surface area contributed by atoms with E-state index < -0.39 is 15.9 Å². The van der Waals surface area contributed by atoms with Crippen molar-refractivity contribution in [1.82, 2.24) is 9.73 Å². The van der Waals surface area contributed by atoms with Crippen molar-refractivity contribution in [2.45, 2.75) is 25.2 Å². The van der Waals surface area contributed by atoms with E-state index in [0.29, 0.717) is 11.5 Å². The van der Waals surface area contributed by atoms with Crippen LogP contribution < -0.4 is 5.43 Å². The highest BCUT2D eigenvalue weighted by atomic mass is 32.2. The molecule has 8 heteroatoms. The van der Waals surface area contributed by atoms with Crippen molar-refractivity contribution in [3.63, 3.8) is 0 Å². The largest absolute Gasteiger partial charge is 0.454 e. The molecule has 0 saturated heterocycles. The van der Waals surface area contributed by atoms with Gasteiger partial charge in [0.2, 0.25) is 10.0 Å². The normalized spacial score (nSPS) is 12.5. The summed E-state index contributed by atoms with van der Waals surface area (Å²) >= 11 is 0. The van der Waals surface area contributed by atoms with Gasteiger partial charge in [0.25, 0.3) is 5.91 Å². The number of para-hydroxylation sites is 1. The van der Waals surface area contributed by atoms with E-state index in [0.717, 1.165) is 27.3 Å². The molecule has 2 aromatic carbocycles. The molecule has 1 heterocycles. The number of nitrogens with one attached hydrogen (secondary N) is 1. The molecule has 0 aliphatic carbocycles. The van der Waals surface area contributed by atoms with E-state index in [-0.39, 0.29) is 10.5 Å². The van der Waals surface area contributed by atoms with E-state index in [1.807, 2.05) is 31.2 Å². The number of nitrogens with zero attached hydrogens (tertiary/aromatic N) is 2. The van der Waals surface area contributed by atoms with Crippen LogP contribution in [-0.4, -0.2) is 38.4 Å². The Kier molecular flexibility index (Phi) is 5.86. The number of hydrogen-bond acceptors (Lipinski definition) is 5. The molecular formula is C21H23N3O4S. The molecule has 1 aromatic heterocycles. The number of aryl methyl sites for hydroxylation is 1. The molecule has 1 N–H and O–H groups in total. The smallest absolute Gasteiger partial charge is 0.271 e. The van der Waals surface area contributed by atoms with Crippen LogP contribution in [0.25, 0.3) is 11.0 Å². The summed E-state index contributed by atoms with van der Waals surface area (Å²) < 4.78 is 31.5. The lowest BCUT2D eigenvalue weighted by Crippen LogP contribution is -2.23. The Hall–Kier alpha value is -2.97. The first-order valence-electron chi connectivity index (χ1n) is 9.13. The molecular weight excluding hydrogens is 390 g/mol. The summed E-state index contributed by atoms with van der Waals surface area (Å²) in [5, 5.41) is 5.19. The summed E-state index contributed by atoms with van der Waals surface area (Å²) in [6, 6.07) is 13.6. The van der Waals surface area contributed by atoms with E-state index in [9.17, 15) is 13.2 Å². The standard InChI is InChI=1S/C21H23N3O4S/c1-5-17-18-11-6-7-12-19(18)28-20(17)14(2)22-23-21(25)15-9-8-10-16(13-15)29(26,27)24(3)4/h6-13H,5H2,1-4H3,(H,23,25)/b22-14-. The Morgan fingerprint density at radius 2 is 1.86 bits per heavy atom. The molecule has 152 valence electrons. The van der Waals surface area contributed by atoms with E-state index in [1.165, 1.54) is 38.4 Å². The number of sulfonamides is 1. The second kappa shape index (κ2) is 8.18. The van der Waals surface area contributed by atoms with Gasteiger partial charge in [-0.1, -0.05) is 31.2 Å². The molecule has 0 unspecified atom stereocenters. The highest BCUT2D eigenvalue weighted by Crippen LogP contribution is 2.26. The fourth-order valence-electron chi connectivity index (χ4n) is 3.00. The van der Waals surface area contributed by atoms with E-state index in [4.69, 9.17) is 4.42 Å². The number of hydrogen-bond donors (Lipinski definition) is 1. The van der Waals surface area contributed by atoms with Gasteiger partial charge in [-0.15, -0.1) is 0 Å². The molecule has 0 bridgehead atoms. The van der Waals surface area contributed by atoms with Gasteiger partial charge in [0.15, 0.2) is 5.76 Å². The van der Waals surface area contributed by atoms with E-state index in [2.05, 4.69) is 10.5 Å². The molecule has 3 rings (SSSR count). The average Bonchev–Trinajstić information content (AvgIpc) is 3.10. The molecule has 0 aliphatic heterocycles. The van der Waals surface area contributed by atoms with Crippen LogP contribution in [0.2, 0.25) is 0 Å². The number of carbonyl (C=O) groups is 1. The van der Waals surface area contributed by atoms with Crippen molar-refractivity contribution in [3.05, 3.63) is 65.4 Å². The fraction of sp³-hybridized carbons (Fsp3) is 0.238. The molecule has 0 aliphatic rings. The Bertz CT molecular complexity index is 1190. The minimum atomic E-state index is -3.63. The Morgan fingerprint density at radius 1 is 1.14 bits per heavy atom. The SMILES string of the molecule is CCc1c(/C(C)=N\NC(=O)c2cccc(S(=O)(=O)N(C)C)c2)oc2ccccc12. The van der Waals surface area contributed by atoms with E-state index in [1.54, 1.807) is 6.92 Å². The number of fused-ring (bicyclic) bond motifs is 1. The third kappa shape index (κ3) is 4.08. The summed E-state index contributed by atoms with van der Waals surface area (Å²) in [5.41, 5.74) is 5.00. The molecule has 1 amide bonds. The summed E-state index contributed by atoms with van der Waals surface area (Å²) in [6.07, 6.45) is 0.762. The van der Waals surface area contributed by atoms with Crippen LogP contribution in [-0.2, 0) is 16.4 Å². The zero-order valence-electron chi connectivity index (χ0n) is 16.8. The van der Waals surface area contributed by atoms with Gasteiger partial charge in [-0.2, -0.15) is 5.10 Å². The van der Waals surface area contributed by atoms with Gasteiger partial charge in [0.1, 0.15) is 11.3 Å². The highest BCUT2D eigenvalue weighted by molar-refractivity contribution is 7.89. The first-order chi connectivity index (χ1) is 13.8. The Morgan fingerprint density at radius 3 is 2.55 bits per heavy atom. The van der Waals surface area contributed by atoms with Crippen LogP contribution in [0.1, 0.15) is 35.5 Å². The highest BCUT2D eigenvalue weighted by Gasteiger charge is 2.19. The number of carbonyl (C=O) groups excluding carboxylic acids is 1. The van der Waals surface area contributed by atoms with Gasteiger partial charge >= 0.3 is 0 Å². The van der Waals surface area contributed by atoms with Crippen molar-refractivity contribution in [3.8, 4) is 0 Å². The predicted molar refractivity (Wildman–Crippen MR) is 113 cm³/mol. The minimum absolute atomic E-state index is 0.0430. The molecule has 0 atom stereocenters. The first kappa shape index (κ1) is 20.8. The fourth-order valence-corrected chi connectivity index (χ4v) is 3.95. The van der Waals surface area contributed by atoms with Gasteiger partial charge in [0, 0.05) is 30.6 Å². The topological polar surface area (TPSA) is 92.0 Å². The third-order valence-electron chi connectivity index (χ3n) is 4.58. The van der Waals surface area contributed by atoms with Crippen LogP contribution >= 0.6 is 0 Å². The maximum absolute atomic E-state index is 12.5. The van der Waals surface area contributed by atoms with Gasteiger partial charge in [-0.25, -0.2) is 18.1 Å². The van der Waals surface area contributed by atoms with Crippen LogP contribution in [0.3, 0.4) is 0 Å². The lowest BCUT2D eigenvalue weighted by atomic mass is 10.1. The third-order valence-corrected chi connectivity index (χ3v) is 6.39. The number of amides is 1. The van der Waals surface area contributed by atoms with Crippen molar-refractivity contribution in [1.29, 1.82) is 0 Å². The summed E-state index contributed by atoms with van der Waals surface area (Å²) in [7, 11) is -0.751. The zero-order chi connectivity index (χ0) is 21.2. The minimum Gasteiger partial charge on any atom is -0.454 e. The monoisotopic (exact) mass is 413 g/mol. The first-order valence-corrected chi connectivity index (χ1v) is 10.6. The van der Waals surface area contributed by atoms with Crippen molar-refractivity contribution in [2.75, 3.05) is 14.1 Å². The average molecular weight is 413 g/mol. The number of hydrazone groups is 1. The number of rotatable bonds is 6. The van der Waals surface area contributed by atoms with Crippen LogP contribution in [0.15, 0.2) is 62.9 Å². The Balaban J connectivity index is 1.86. The zero-order valence-corrected chi connectivity index (χ0v) is 17.6. The van der Waals surface area contributed by atoms with Crippen molar-refractivity contribution >= 4 is 32.6 Å². The lowest BCUT2D eigenvalue weighted by molar-refractivity contribution is 0.0954. The molecule has 29 heavy (non-hydrogen) atoms. The van der Waals surface area contributed by atoms with Gasteiger partial charge in [-0.3, -0.25) is 4.79 Å². The summed E-state index contributed by atoms with van der Waals surface area (Å²) in [5.74, 6) is 0.118. The molecule has 0 spiro atoms. The Labute approximate surface area is 170 Å². The maximum Gasteiger partial charge on any atom is 0.271 e. The van der Waals surface area contributed by atoms with E-state index >= 15 is 0 Å². The molecule has 0 fully saturated rings. The van der Waals surface area contributed by atoms with Gasteiger partial charge in [0.05, 0.1) is 4.90 Å². The quantitative estimate of drug-likeness (QED) is 0.495. The van der Waals surface area contributed by atoms with Crippen LogP contribution in [0.5, 0.6) is 0 Å². The number of furan rings is 1. The molecule has 3 aromatic rings. The van der Waals surface area contributed by atoms with Crippen molar-refractivity contribution in [2.24, 2.45) is 5.10 Å². The van der Waals surface area contributed by atoms with Crippen LogP contribution in [0, 0.1) is 0 Å². The maximum atomic E-state index is 12.5. The van der Waals surface area contributed by atoms with Crippen molar-refractivity contribution < 1.29 is 17.6 Å². The molecule has 7 nitrogen and oxygen atoms in total. The van der Waals surface area contributed by atoms with Crippen LogP contribution in [0.4, 0.5) is 0 Å².